The maximum absolute atomic E-state index is 13.6. The van der Waals surface area contributed by atoms with Crippen molar-refractivity contribution in [1.82, 2.24) is 9.66 Å². The number of nitrogens with zero attached hydrogens (tertiary/aromatic N) is 3. The van der Waals surface area contributed by atoms with Gasteiger partial charge in [-0.2, -0.15) is 9.78 Å². The van der Waals surface area contributed by atoms with E-state index in [0.717, 1.165) is 30.2 Å². The summed E-state index contributed by atoms with van der Waals surface area (Å²) < 4.78 is 28.0. The molecule has 0 aliphatic heterocycles. The lowest BCUT2D eigenvalue weighted by molar-refractivity contribution is 0.284. The summed E-state index contributed by atoms with van der Waals surface area (Å²) in [5.74, 6) is 1.55. The molecule has 1 aliphatic carbocycles. The molecule has 1 saturated carbocycles. The van der Waals surface area contributed by atoms with Crippen molar-refractivity contribution in [2.45, 2.75) is 44.6 Å². The number of aromatic nitrogens is 2. The summed E-state index contributed by atoms with van der Waals surface area (Å²) in [6.07, 6.45) is 7.02. The van der Waals surface area contributed by atoms with Crippen molar-refractivity contribution in [3.63, 3.8) is 0 Å². The molecule has 38 heavy (non-hydrogen) atoms. The minimum atomic E-state index is -0.316. The van der Waals surface area contributed by atoms with Crippen LogP contribution in [0, 0.1) is 5.82 Å². The number of benzene rings is 3. The first-order valence-corrected chi connectivity index (χ1v) is 14.0. The average molecular weight is 643 g/mol. The maximum Gasteiger partial charge on any atom is 0.282 e. The fraction of sp³-hybridized carbons (Fsp3) is 0.276. The molecular weight excluding hydrogens is 617 g/mol. The number of methoxy groups -OCH3 is 1. The molecule has 4 aromatic rings. The fourth-order valence-corrected chi connectivity index (χ4v) is 5.52. The highest BCUT2D eigenvalue weighted by atomic mass is 79.9. The van der Waals surface area contributed by atoms with E-state index in [4.69, 9.17) is 14.5 Å². The largest absolute Gasteiger partial charge is 0.493 e. The molecule has 5 rings (SSSR count). The zero-order chi connectivity index (χ0) is 26.6. The summed E-state index contributed by atoms with van der Waals surface area (Å²) in [5, 5.41) is 5.14. The molecule has 0 radical (unpaired) electrons. The second-order valence-corrected chi connectivity index (χ2v) is 11.0. The van der Waals surface area contributed by atoms with Crippen LogP contribution in [0.25, 0.3) is 10.9 Å². The van der Waals surface area contributed by atoms with Gasteiger partial charge in [0.1, 0.15) is 18.2 Å². The quantitative estimate of drug-likeness (QED) is 0.195. The van der Waals surface area contributed by atoms with E-state index in [-0.39, 0.29) is 23.9 Å². The van der Waals surface area contributed by atoms with Crippen LogP contribution in [0.4, 0.5) is 4.39 Å². The van der Waals surface area contributed by atoms with E-state index in [1.165, 1.54) is 23.2 Å². The van der Waals surface area contributed by atoms with E-state index in [0.29, 0.717) is 43.8 Å². The van der Waals surface area contributed by atoms with Crippen molar-refractivity contribution in [2.75, 3.05) is 7.11 Å². The highest BCUT2D eigenvalue weighted by Crippen LogP contribution is 2.34. The summed E-state index contributed by atoms with van der Waals surface area (Å²) in [5.41, 5.74) is 1.88. The number of rotatable bonds is 7. The van der Waals surface area contributed by atoms with Gasteiger partial charge in [0.2, 0.25) is 0 Å². The van der Waals surface area contributed by atoms with E-state index in [1.54, 1.807) is 43.7 Å². The van der Waals surface area contributed by atoms with Crippen LogP contribution in [0.3, 0.4) is 0 Å². The Balaban J connectivity index is 1.50. The van der Waals surface area contributed by atoms with Crippen LogP contribution in [0.1, 0.15) is 55.0 Å². The van der Waals surface area contributed by atoms with Gasteiger partial charge >= 0.3 is 0 Å². The van der Waals surface area contributed by atoms with Gasteiger partial charge in [0.05, 0.1) is 24.2 Å². The van der Waals surface area contributed by atoms with Gasteiger partial charge in [0.25, 0.3) is 5.56 Å². The Hall–Kier alpha value is -3.04. The molecule has 0 N–H and O–H groups in total. The fourth-order valence-electron chi connectivity index (χ4n) is 4.73. The third-order valence-electron chi connectivity index (χ3n) is 6.68. The van der Waals surface area contributed by atoms with Crippen molar-refractivity contribution in [1.29, 1.82) is 0 Å². The van der Waals surface area contributed by atoms with Crippen LogP contribution in [0.2, 0.25) is 0 Å². The lowest BCUT2D eigenvalue weighted by atomic mass is 9.88. The number of fused-ring (bicyclic) bond motifs is 1. The molecule has 1 fully saturated rings. The number of hydrogen-bond donors (Lipinski definition) is 0. The molecule has 0 atom stereocenters. The van der Waals surface area contributed by atoms with Crippen molar-refractivity contribution in [3.05, 3.63) is 96.7 Å². The molecule has 1 heterocycles. The number of ether oxygens (including phenoxy) is 2. The Labute approximate surface area is 236 Å². The van der Waals surface area contributed by atoms with E-state index in [9.17, 15) is 9.18 Å². The Bertz CT molecular complexity index is 1570. The average Bonchev–Trinajstić information content (AvgIpc) is 2.93. The standard InChI is InChI=1S/C29H26Br2FN3O3/c1-37-26-13-20(24(31)15-27(26)38-17-18-6-5-9-22(32)12-18)16-33-35-28(19-7-3-2-4-8-19)34-25-11-10-21(30)14-23(25)29(35)36/h5-6,9-16,19H,2-4,7-8,17H2,1H3. The molecule has 1 aliphatic rings. The first kappa shape index (κ1) is 26.6. The van der Waals surface area contributed by atoms with Gasteiger partial charge in [-0.25, -0.2) is 9.37 Å². The minimum Gasteiger partial charge on any atom is -0.493 e. The summed E-state index contributed by atoms with van der Waals surface area (Å²) in [6, 6.07) is 15.4. The van der Waals surface area contributed by atoms with Crippen LogP contribution in [0.15, 0.2) is 73.4 Å². The van der Waals surface area contributed by atoms with Crippen LogP contribution < -0.4 is 15.0 Å². The third-order valence-corrected chi connectivity index (χ3v) is 7.86. The topological polar surface area (TPSA) is 65.7 Å². The molecule has 0 amide bonds. The predicted molar refractivity (Wildman–Crippen MR) is 154 cm³/mol. The molecule has 0 spiro atoms. The Kier molecular flexibility index (Phi) is 8.24. The first-order chi connectivity index (χ1) is 18.4. The Morgan fingerprint density at radius 3 is 2.66 bits per heavy atom. The molecule has 1 aromatic heterocycles. The SMILES string of the molecule is COc1cc(C=Nn2c(C3CCCCC3)nc3ccc(Br)cc3c2=O)c(Br)cc1OCc1cccc(F)c1. The Morgan fingerprint density at radius 2 is 1.89 bits per heavy atom. The van der Waals surface area contributed by atoms with Gasteiger partial charge in [-0.1, -0.05) is 47.3 Å². The number of halogens is 3. The molecule has 3 aromatic carbocycles. The van der Waals surface area contributed by atoms with Crippen molar-refractivity contribution < 1.29 is 13.9 Å². The van der Waals surface area contributed by atoms with Gasteiger partial charge in [-0.3, -0.25) is 4.79 Å². The van der Waals surface area contributed by atoms with Crippen LogP contribution in [0.5, 0.6) is 11.5 Å². The molecule has 0 unspecified atom stereocenters. The highest BCUT2D eigenvalue weighted by molar-refractivity contribution is 9.10. The van der Waals surface area contributed by atoms with E-state index in [2.05, 4.69) is 37.0 Å². The second kappa shape index (κ2) is 11.8. The zero-order valence-corrected chi connectivity index (χ0v) is 24.0. The van der Waals surface area contributed by atoms with E-state index in [1.807, 2.05) is 12.1 Å². The third kappa shape index (κ3) is 5.83. The van der Waals surface area contributed by atoms with E-state index >= 15 is 0 Å². The lowest BCUT2D eigenvalue weighted by Gasteiger charge is -2.22. The lowest BCUT2D eigenvalue weighted by Crippen LogP contribution is -2.25. The number of hydrogen-bond acceptors (Lipinski definition) is 5. The molecule has 6 nitrogen and oxygen atoms in total. The van der Waals surface area contributed by atoms with Gasteiger partial charge in [-0.15, -0.1) is 0 Å². The molecule has 0 bridgehead atoms. The van der Waals surface area contributed by atoms with Crippen LogP contribution in [-0.4, -0.2) is 23.0 Å². The van der Waals surface area contributed by atoms with Crippen LogP contribution in [-0.2, 0) is 6.61 Å². The van der Waals surface area contributed by atoms with Crippen molar-refractivity contribution in [2.24, 2.45) is 5.10 Å². The molecule has 9 heteroatoms. The van der Waals surface area contributed by atoms with Gasteiger partial charge in [0, 0.05) is 20.4 Å². The van der Waals surface area contributed by atoms with Crippen LogP contribution >= 0.6 is 31.9 Å². The Morgan fingerprint density at radius 1 is 1.08 bits per heavy atom. The van der Waals surface area contributed by atoms with Crippen molar-refractivity contribution >= 4 is 49.0 Å². The first-order valence-electron chi connectivity index (χ1n) is 12.4. The van der Waals surface area contributed by atoms with Gasteiger partial charge < -0.3 is 9.47 Å². The highest BCUT2D eigenvalue weighted by Gasteiger charge is 2.22. The van der Waals surface area contributed by atoms with Gasteiger partial charge in [-0.05, 0) is 76.8 Å². The van der Waals surface area contributed by atoms with E-state index < -0.39 is 0 Å². The second-order valence-electron chi connectivity index (χ2n) is 9.27. The summed E-state index contributed by atoms with van der Waals surface area (Å²) in [7, 11) is 1.55. The monoisotopic (exact) mass is 641 g/mol. The molecule has 0 saturated heterocycles. The summed E-state index contributed by atoms with van der Waals surface area (Å²) in [4.78, 5) is 18.5. The minimum absolute atomic E-state index is 0.179. The molecule has 196 valence electrons. The smallest absolute Gasteiger partial charge is 0.282 e. The molecular formula is C29H26Br2FN3O3. The van der Waals surface area contributed by atoms with Crippen molar-refractivity contribution in [3.8, 4) is 11.5 Å². The summed E-state index contributed by atoms with van der Waals surface area (Å²) >= 11 is 7.05. The maximum atomic E-state index is 13.6. The summed E-state index contributed by atoms with van der Waals surface area (Å²) in [6.45, 7) is 0.187. The predicted octanol–water partition coefficient (Wildman–Crippen LogP) is 7.58. The van der Waals surface area contributed by atoms with Gasteiger partial charge in [0.15, 0.2) is 11.5 Å². The zero-order valence-electron chi connectivity index (χ0n) is 20.8. The normalized spacial score (nSPS) is 14.3.